The van der Waals surface area contributed by atoms with Crippen molar-refractivity contribution < 1.29 is 13.9 Å². The molecule has 1 unspecified atom stereocenters. The first-order valence-corrected chi connectivity index (χ1v) is 6.07. The van der Waals surface area contributed by atoms with Crippen LogP contribution < -0.4 is 0 Å². The third-order valence-corrected chi connectivity index (χ3v) is 3.64. The van der Waals surface area contributed by atoms with Crippen LogP contribution in [0.5, 0.6) is 0 Å². The number of aryl methyl sites for hydroxylation is 1. The summed E-state index contributed by atoms with van der Waals surface area (Å²) in [6, 6.07) is 7.70. The number of aliphatic hydroxyl groups is 1. The number of hydrogen-bond acceptors (Lipinski definition) is 2. The number of benzene rings is 1. The van der Waals surface area contributed by atoms with Crippen LogP contribution in [-0.2, 0) is 6.42 Å². The van der Waals surface area contributed by atoms with Crippen LogP contribution in [0.2, 0.25) is 0 Å². The Kier molecular flexibility index (Phi) is 3.54. The molecule has 1 nitrogen and oxygen atoms in total. The third-order valence-electron chi connectivity index (χ3n) is 2.53. The van der Waals surface area contributed by atoms with Crippen molar-refractivity contribution in [2.24, 2.45) is 0 Å². The molecule has 2 aromatic rings. The zero-order chi connectivity index (χ0) is 12.4. The highest BCUT2D eigenvalue weighted by atomic mass is 32.1. The molecule has 17 heavy (non-hydrogen) atoms. The Morgan fingerprint density at radius 2 is 2.00 bits per heavy atom. The number of aliphatic hydroxyl groups excluding tert-OH is 1. The van der Waals surface area contributed by atoms with E-state index in [4.69, 9.17) is 0 Å². The molecule has 0 aliphatic carbocycles. The molecular weight excluding hydrogens is 242 g/mol. The Labute approximate surface area is 102 Å². The lowest BCUT2D eigenvalue weighted by Gasteiger charge is -2.09. The summed E-state index contributed by atoms with van der Waals surface area (Å²) in [5.41, 5.74) is 0.198. The first kappa shape index (κ1) is 12.2. The second-order valence-electron chi connectivity index (χ2n) is 3.88. The number of halogens is 2. The Balaban J connectivity index is 2.18. The van der Waals surface area contributed by atoms with Crippen LogP contribution in [0, 0.1) is 18.6 Å². The molecule has 0 aliphatic heterocycles. The minimum atomic E-state index is -0.878. The van der Waals surface area contributed by atoms with Crippen molar-refractivity contribution in [2.45, 2.75) is 19.4 Å². The first-order chi connectivity index (χ1) is 8.08. The summed E-state index contributed by atoms with van der Waals surface area (Å²) in [7, 11) is 0. The molecule has 1 aromatic carbocycles. The molecule has 1 aromatic heterocycles. The minimum Gasteiger partial charge on any atom is -0.387 e. The summed E-state index contributed by atoms with van der Waals surface area (Å²) >= 11 is 1.46. The lowest BCUT2D eigenvalue weighted by atomic mass is 10.1. The normalized spacial score (nSPS) is 12.7. The Hall–Kier alpha value is -1.26. The van der Waals surface area contributed by atoms with Gasteiger partial charge in [-0.25, -0.2) is 8.78 Å². The van der Waals surface area contributed by atoms with Crippen molar-refractivity contribution in [3.63, 3.8) is 0 Å². The van der Waals surface area contributed by atoms with E-state index in [1.807, 2.05) is 19.1 Å². The lowest BCUT2D eigenvalue weighted by Crippen LogP contribution is -2.03. The van der Waals surface area contributed by atoms with Gasteiger partial charge in [-0.2, -0.15) is 0 Å². The van der Waals surface area contributed by atoms with Gasteiger partial charge < -0.3 is 5.11 Å². The standard InChI is InChI=1S/C13H12F2OS/c1-8-5-6-12(17-8)11(16)7-9-3-2-4-10(14)13(9)15/h2-6,11,16H,7H2,1H3. The molecule has 90 valence electrons. The van der Waals surface area contributed by atoms with Gasteiger partial charge in [0, 0.05) is 16.2 Å². The van der Waals surface area contributed by atoms with Gasteiger partial charge in [0.1, 0.15) is 0 Å². The molecule has 1 atom stereocenters. The van der Waals surface area contributed by atoms with Crippen LogP contribution in [0.25, 0.3) is 0 Å². The molecule has 1 N–H and O–H groups in total. The van der Waals surface area contributed by atoms with Crippen LogP contribution >= 0.6 is 11.3 Å². The molecule has 0 spiro atoms. The molecule has 0 saturated carbocycles. The van der Waals surface area contributed by atoms with E-state index in [0.29, 0.717) is 0 Å². The number of thiophene rings is 1. The van der Waals surface area contributed by atoms with E-state index in [1.54, 1.807) is 0 Å². The van der Waals surface area contributed by atoms with Gasteiger partial charge in [0.15, 0.2) is 11.6 Å². The highest BCUT2D eigenvalue weighted by Crippen LogP contribution is 2.26. The van der Waals surface area contributed by atoms with Gasteiger partial charge in [-0.1, -0.05) is 12.1 Å². The molecule has 0 radical (unpaired) electrons. The molecule has 0 amide bonds. The summed E-state index contributed by atoms with van der Waals surface area (Å²) in [4.78, 5) is 1.85. The highest BCUT2D eigenvalue weighted by molar-refractivity contribution is 7.12. The fourth-order valence-electron chi connectivity index (χ4n) is 1.65. The first-order valence-electron chi connectivity index (χ1n) is 5.25. The van der Waals surface area contributed by atoms with E-state index in [9.17, 15) is 13.9 Å². The van der Waals surface area contributed by atoms with Gasteiger partial charge in [0.05, 0.1) is 6.10 Å². The number of hydrogen-bond donors (Lipinski definition) is 1. The Bertz CT molecular complexity index is 522. The SMILES string of the molecule is Cc1ccc(C(O)Cc2cccc(F)c2F)s1. The number of rotatable bonds is 3. The Morgan fingerprint density at radius 1 is 1.24 bits per heavy atom. The van der Waals surface area contributed by atoms with Crippen molar-refractivity contribution in [3.8, 4) is 0 Å². The van der Waals surface area contributed by atoms with Crippen LogP contribution in [0.4, 0.5) is 8.78 Å². The van der Waals surface area contributed by atoms with Gasteiger partial charge in [0.2, 0.25) is 0 Å². The van der Waals surface area contributed by atoms with Crippen molar-refractivity contribution in [1.29, 1.82) is 0 Å². The van der Waals surface area contributed by atoms with Crippen molar-refractivity contribution in [3.05, 3.63) is 57.3 Å². The largest absolute Gasteiger partial charge is 0.387 e. The van der Waals surface area contributed by atoms with E-state index in [1.165, 1.54) is 23.5 Å². The van der Waals surface area contributed by atoms with Crippen molar-refractivity contribution in [1.82, 2.24) is 0 Å². The van der Waals surface area contributed by atoms with Crippen LogP contribution in [-0.4, -0.2) is 5.11 Å². The van der Waals surface area contributed by atoms with Crippen molar-refractivity contribution >= 4 is 11.3 Å². The minimum absolute atomic E-state index is 0.0869. The topological polar surface area (TPSA) is 20.2 Å². The smallest absolute Gasteiger partial charge is 0.162 e. The van der Waals surface area contributed by atoms with Crippen LogP contribution in [0.3, 0.4) is 0 Å². The quantitative estimate of drug-likeness (QED) is 0.887. The van der Waals surface area contributed by atoms with Gasteiger partial charge in [-0.3, -0.25) is 0 Å². The second kappa shape index (κ2) is 4.94. The maximum absolute atomic E-state index is 13.4. The second-order valence-corrected chi connectivity index (χ2v) is 5.20. The molecule has 0 fully saturated rings. The van der Waals surface area contributed by atoms with E-state index >= 15 is 0 Å². The average Bonchev–Trinajstić information content (AvgIpc) is 2.72. The van der Waals surface area contributed by atoms with Gasteiger partial charge in [0.25, 0.3) is 0 Å². The van der Waals surface area contributed by atoms with E-state index in [-0.39, 0.29) is 12.0 Å². The lowest BCUT2D eigenvalue weighted by molar-refractivity contribution is 0.180. The maximum atomic E-state index is 13.4. The molecule has 2 rings (SSSR count). The van der Waals surface area contributed by atoms with Gasteiger partial charge in [-0.05, 0) is 30.7 Å². The fraction of sp³-hybridized carbons (Fsp3) is 0.231. The monoisotopic (exact) mass is 254 g/mol. The fourth-order valence-corrected chi connectivity index (χ4v) is 2.51. The highest BCUT2D eigenvalue weighted by Gasteiger charge is 2.15. The molecule has 0 aliphatic rings. The predicted molar refractivity (Wildman–Crippen MR) is 64.1 cm³/mol. The van der Waals surface area contributed by atoms with Crippen molar-refractivity contribution in [2.75, 3.05) is 0 Å². The summed E-state index contributed by atoms with van der Waals surface area (Å²) in [6.45, 7) is 1.93. The summed E-state index contributed by atoms with van der Waals surface area (Å²) in [6.07, 6.45) is -0.700. The molecule has 0 bridgehead atoms. The predicted octanol–water partition coefficient (Wildman–Crippen LogP) is 3.61. The summed E-state index contributed by atoms with van der Waals surface area (Å²) in [5.74, 6) is -1.75. The average molecular weight is 254 g/mol. The Morgan fingerprint density at radius 3 is 2.65 bits per heavy atom. The summed E-state index contributed by atoms with van der Waals surface area (Å²) < 4.78 is 26.4. The van der Waals surface area contributed by atoms with Gasteiger partial charge >= 0.3 is 0 Å². The molecule has 4 heteroatoms. The van der Waals surface area contributed by atoms with E-state index in [2.05, 4.69) is 0 Å². The van der Waals surface area contributed by atoms with Crippen LogP contribution in [0.1, 0.15) is 21.4 Å². The van der Waals surface area contributed by atoms with Gasteiger partial charge in [-0.15, -0.1) is 11.3 Å². The molecular formula is C13H12F2OS. The zero-order valence-corrected chi connectivity index (χ0v) is 10.1. The molecule has 1 heterocycles. The third kappa shape index (κ3) is 2.70. The zero-order valence-electron chi connectivity index (χ0n) is 9.28. The van der Waals surface area contributed by atoms with E-state index < -0.39 is 17.7 Å². The molecule has 0 saturated heterocycles. The maximum Gasteiger partial charge on any atom is 0.162 e. The van der Waals surface area contributed by atoms with Crippen LogP contribution in [0.15, 0.2) is 30.3 Å². The van der Waals surface area contributed by atoms with E-state index in [0.717, 1.165) is 15.8 Å². The summed E-state index contributed by atoms with van der Waals surface area (Å²) in [5, 5.41) is 9.92.